The van der Waals surface area contributed by atoms with E-state index in [4.69, 9.17) is 20.6 Å². The molecule has 53 heteroatoms. The molecule has 0 bridgehead atoms. The van der Waals surface area contributed by atoms with E-state index in [2.05, 4.69) is 79.4 Å². The second-order valence-corrected chi connectivity index (χ2v) is 32.3. The molecule has 5 aromatic rings. The van der Waals surface area contributed by atoms with Crippen molar-refractivity contribution in [2.75, 3.05) is 108 Å². The number of rotatable bonds is 42. The molecular weight excluding hydrogens is 1790 g/mol. The summed E-state index contributed by atoms with van der Waals surface area (Å²) >= 11 is 0. The third kappa shape index (κ3) is 29.7. The van der Waals surface area contributed by atoms with Crippen molar-refractivity contribution in [3.8, 4) is 11.5 Å². The average Bonchev–Trinajstić information content (AvgIpc) is 0.759. The highest BCUT2D eigenvalue weighted by Crippen LogP contribution is 2.36. The number of aliphatic hydroxyl groups excluding tert-OH is 4. The van der Waals surface area contributed by atoms with Crippen molar-refractivity contribution in [1.82, 2.24) is 88.4 Å². The number of nitrogens with two attached hydrogens (primary N) is 1. The number of halogens is 1. The van der Waals surface area contributed by atoms with Gasteiger partial charge in [0.1, 0.15) is 76.1 Å². The van der Waals surface area contributed by atoms with Crippen molar-refractivity contribution in [2.24, 2.45) is 12.8 Å². The number of nitrogens with zero attached hydrogens (tertiary/aromatic N) is 7. The van der Waals surface area contributed by atoms with Gasteiger partial charge in [0.05, 0.1) is 55.0 Å². The zero-order valence-electron chi connectivity index (χ0n) is 74.0. The number of aryl methyl sites for hydroxylation is 1. The van der Waals surface area contributed by atoms with Crippen molar-refractivity contribution >= 4 is 158 Å². The Labute approximate surface area is 767 Å². The number of piperazine rings is 1. The smallest absolute Gasteiger partial charge is 0.412 e. The van der Waals surface area contributed by atoms with Crippen LogP contribution >= 0.6 is 0 Å². The molecule has 2 fully saturated rings. The Morgan fingerprint density at radius 3 is 1.96 bits per heavy atom. The number of aliphatic hydroxyl groups is 4. The number of amides is 15. The quantitative estimate of drug-likeness (QED) is 0.00148. The number of carboxylic acid groups (broad SMARTS) is 1. The Morgan fingerprint density at radius 1 is 0.696 bits per heavy atom. The van der Waals surface area contributed by atoms with Gasteiger partial charge < -0.3 is 134 Å². The first kappa shape index (κ1) is 106. The Morgan fingerprint density at radius 2 is 1.31 bits per heavy atom. The molecule has 0 aliphatic carbocycles. The minimum absolute atomic E-state index is 0.00393. The molecule has 3 aliphatic heterocycles. The number of aromatic hydroxyl groups is 2. The predicted molar refractivity (Wildman–Crippen MR) is 467 cm³/mol. The molecule has 0 radical (unpaired) electrons. The molecule has 11 atom stereocenters. The topological polar surface area (TPSA) is 761 Å². The van der Waals surface area contributed by atoms with Gasteiger partial charge in [-0.3, -0.25) is 97.9 Å². The SMILES string of the molecule is CC(O)[C@H]1NC(=O)[C@H](CCCN(O)C=O)NC(=O)[C@@H](NC(=O)[C@](C)(CCCN(O)C=O)NC(=O)[C@@H](CO)NC(=O)[C@H](CCCNC(=N)N)NC(=O)[C@@H](CO)NC(=O)[C@@H]2CCNc3c(NC(=O)CCC(=O)NCCNC(=O)CCC(=O)OCOC(=O)N4CCN(c5cc6nc7c(cc6cc5F)c(=O)c(C(=O)O)cn7C)CC4)cc4cc(O)c(O)cc4[n+]32)CCCCNC(=O)[C@@H](C(C)O)NC1=O. The van der Waals surface area contributed by atoms with Crippen molar-refractivity contribution in [3.05, 3.63) is 64.2 Å². The van der Waals surface area contributed by atoms with Crippen molar-refractivity contribution in [2.45, 2.75) is 177 Å². The fourth-order valence-corrected chi connectivity index (χ4v) is 14.8. The number of carbonyl (C=O) groups excluding carboxylic acids is 16. The van der Waals surface area contributed by atoms with Gasteiger partial charge in [-0.25, -0.2) is 33.7 Å². The minimum Gasteiger partial charge on any atom is -0.504 e. The third-order valence-corrected chi connectivity index (χ3v) is 22.1. The second-order valence-electron chi connectivity index (χ2n) is 32.3. The van der Waals surface area contributed by atoms with E-state index in [0.717, 1.165) is 32.2 Å². The van der Waals surface area contributed by atoms with Crippen LogP contribution in [0.5, 0.6) is 11.5 Å². The summed E-state index contributed by atoms with van der Waals surface area (Å²) < 4.78 is 28.3. The zero-order chi connectivity index (χ0) is 99.2. The number of guanidine groups is 1. The molecular formula is C82H113FN23O29+. The van der Waals surface area contributed by atoms with E-state index in [0.29, 0.717) is 5.52 Å². The summed E-state index contributed by atoms with van der Waals surface area (Å²) in [4.78, 5) is 248. The fourth-order valence-electron chi connectivity index (χ4n) is 14.8. The summed E-state index contributed by atoms with van der Waals surface area (Å²) in [6.07, 6.45) is -6.66. The number of esters is 1. The number of anilines is 3. The summed E-state index contributed by atoms with van der Waals surface area (Å²) in [6.45, 7) is -0.715. The number of benzene rings is 2. The van der Waals surface area contributed by atoms with Gasteiger partial charge in [0.2, 0.25) is 90.0 Å². The van der Waals surface area contributed by atoms with Crippen molar-refractivity contribution in [3.63, 3.8) is 0 Å². The van der Waals surface area contributed by atoms with Crippen LogP contribution < -0.4 is 95.1 Å². The number of aromatic nitrogens is 3. The van der Waals surface area contributed by atoms with Crippen LogP contribution in [0, 0.1) is 11.2 Å². The fraction of sp³-hybridized carbons (Fsp3) is 0.524. The lowest BCUT2D eigenvalue weighted by molar-refractivity contribution is -0.674. The number of phenols is 2. The number of carbonyl (C=O) groups is 17. The van der Waals surface area contributed by atoms with Crippen LogP contribution in [-0.4, -0.2) is 330 Å². The second kappa shape index (κ2) is 49.8. The Kier molecular flexibility index (Phi) is 39.0. The highest BCUT2D eigenvalue weighted by molar-refractivity contribution is 6.02. The number of hydrogen-bond donors (Lipinski definition) is 25. The van der Waals surface area contributed by atoms with E-state index in [1.165, 1.54) is 52.3 Å². The zero-order valence-corrected chi connectivity index (χ0v) is 74.0. The van der Waals surface area contributed by atoms with Crippen LogP contribution in [0.25, 0.3) is 32.8 Å². The molecule has 52 nitrogen and oxygen atoms in total. The number of carboxylic acids is 1. The molecule has 0 spiro atoms. The monoisotopic (exact) mass is 1900 g/mol. The number of fused-ring (bicyclic) bond motifs is 5. The summed E-state index contributed by atoms with van der Waals surface area (Å²) in [5, 5.41) is 137. The lowest BCUT2D eigenvalue weighted by atomic mass is 9.92. The standard InChI is InChI=1S/C82H112FN23O29/c1-42(111)65-76(126)89-19-6-5-10-51(71(121)93-50(12-8-24-104(132)39-109)72(122)98-66(43(2)112)77(127)99-65)97-79(130)82(3,18-9-25-105(133)40-110)100-74(124)55(38-108)95-70(120)49(11-7-20-90-80(84)85)94-73(123)54(37-107)96-75(125)56-17-21-88-69-53(32-45-33-59(113)60(114)35-57(45)106(56)69)91-63(117)14-13-61(115)86-22-23-87-62(116)15-16-64(118)134-41-135-81(131)103-28-26-102(27-29-103)58-34-52-44(31-48(58)83)30-46-67(119)47(78(128)129)36-101(4)68(46)92-52/h30-36,39-40,42-43,49-51,54-56,65-66,107-108,111-112,132-133H,5-29,37-38,41H2,1-4H3,(H19,84,85,86,87,88,89,90,91,93,94,95,96,97,98,99,100,113,114,115,116,117,120,121,122,123,124,125,126,127,128,129,130)/p+1/t42?,43?,49-,50-,51-,54+,55+,56-,65+,66+,82-/m0/s1. The third-order valence-electron chi connectivity index (χ3n) is 22.1. The van der Waals surface area contributed by atoms with Crippen LogP contribution in [-0.2, 0) is 88.4 Å². The molecule has 2 saturated heterocycles. The first-order valence-corrected chi connectivity index (χ1v) is 43.0. The molecule has 6 heterocycles. The van der Waals surface area contributed by atoms with Gasteiger partial charge in [-0.15, -0.1) is 0 Å². The van der Waals surface area contributed by atoms with Crippen molar-refractivity contribution in [1.29, 1.82) is 5.41 Å². The number of ether oxygens (including phenoxy) is 2. The van der Waals surface area contributed by atoms with Gasteiger partial charge in [-0.1, -0.05) is 0 Å². The van der Waals surface area contributed by atoms with Crippen LogP contribution in [0.2, 0.25) is 0 Å². The maximum atomic E-state index is 15.5. The van der Waals surface area contributed by atoms with Gasteiger partial charge in [-0.2, -0.15) is 0 Å². The van der Waals surface area contributed by atoms with Gasteiger partial charge >= 0.3 is 18.0 Å². The first-order valence-electron chi connectivity index (χ1n) is 43.0. The van der Waals surface area contributed by atoms with E-state index in [1.807, 2.05) is 0 Å². The lowest BCUT2D eigenvalue weighted by Crippen LogP contribution is -2.65. The molecule has 15 amide bonds. The average molecular weight is 1900 g/mol. The Balaban J connectivity index is 0.850. The number of phenolic OH excluding ortho intramolecular Hbond substituents is 2. The molecule has 3 aromatic heterocycles. The summed E-state index contributed by atoms with van der Waals surface area (Å²) in [7, 11) is 1.52. The molecule has 3 aliphatic rings. The number of nitrogens with one attached hydrogen (secondary N) is 15. The highest BCUT2D eigenvalue weighted by atomic mass is 19.1. The van der Waals surface area contributed by atoms with Gasteiger partial charge in [-0.05, 0) is 109 Å². The predicted octanol–water partition coefficient (Wildman–Crippen LogP) is -6.84. The Hall–Kier alpha value is -14.6. The van der Waals surface area contributed by atoms with Crippen LogP contribution in [0.4, 0.5) is 26.4 Å². The lowest BCUT2D eigenvalue weighted by Gasteiger charge is -2.35. The first-order chi connectivity index (χ1) is 64.1. The van der Waals surface area contributed by atoms with Gasteiger partial charge in [0.25, 0.3) is 11.7 Å². The molecule has 736 valence electrons. The largest absolute Gasteiger partial charge is 0.504 e. The van der Waals surface area contributed by atoms with Gasteiger partial charge in [0.15, 0.2) is 23.5 Å². The van der Waals surface area contributed by atoms with Crippen molar-refractivity contribution < 1.29 is 146 Å². The highest BCUT2D eigenvalue weighted by Gasteiger charge is 2.43. The summed E-state index contributed by atoms with van der Waals surface area (Å²) in [5.41, 5.74) is 2.70. The summed E-state index contributed by atoms with van der Waals surface area (Å²) in [6, 6.07) is -6.24. The summed E-state index contributed by atoms with van der Waals surface area (Å²) in [5.74, 6) is -16.9. The molecule has 8 rings (SSSR count). The van der Waals surface area contributed by atoms with E-state index < -0.39 is 248 Å². The molecule has 0 saturated carbocycles. The van der Waals surface area contributed by atoms with E-state index >= 15 is 4.39 Å². The van der Waals surface area contributed by atoms with Crippen LogP contribution in [0.3, 0.4) is 0 Å². The Bertz CT molecular complexity index is 5310. The van der Waals surface area contributed by atoms with E-state index in [9.17, 15) is 132 Å². The normalized spacial score (nSPS) is 18.1. The number of hydrogen-bond acceptors (Lipinski definition) is 32. The number of aromatic carboxylic acids is 1. The molecule has 135 heavy (non-hydrogen) atoms. The van der Waals surface area contributed by atoms with E-state index in [1.54, 1.807) is 4.90 Å². The maximum Gasteiger partial charge on any atom is 0.412 e. The van der Waals surface area contributed by atoms with E-state index in [-0.39, 0.29) is 191 Å². The van der Waals surface area contributed by atoms with Crippen LogP contribution in [0.15, 0.2) is 47.4 Å². The van der Waals surface area contributed by atoms with Crippen LogP contribution in [0.1, 0.15) is 127 Å². The minimum atomic E-state index is -2.26. The number of hydroxylamine groups is 4. The molecule has 2 unspecified atom stereocenters. The number of pyridine rings is 3. The van der Waals surface area contributed by atoms with Gasteiger partial charge in [0, 0.05) is 121 Å². The maximum absolute atomic E-state index is 15.5. The molecule has 2 aromatic carbocycles. The molecule has 26 N–H and O–H groups in total.